The molecule has 5 heteroatoms. The van der Waals surface area contributed by atoms with Crippen LogP contribution in [0.2, 0.25) is 0 Å². The summed E-state index contributed by atoms with van der Waals surface area (Å²) in [5.74, 6) is 0.676. The molecule has 0 radical (unpaired) electrons. The van der Waals surface area contributed by atoms with Crippen LogP contribution in [0.5, 0.6) is 5.75 Å². The lowest BCUT2D eigenvalue weighted by Gasteiger charge is -2.30. The summed E-state index contributed by atoms with van der Waals surface area (Å²) in [5.41, 5.74) is 2.39. The van der Waals surface area contributed by atoms with Gasteiger partial charge in [0.15, 0.2) is 6.61 Å². The van der Waals surface area contributed by atoms with Crippen molar-refractivity contribution >= 4 is 5.97 Å². The fraction of sp³-hybridized carbons (Fsp3) is 0.708. The number of carboxylic acids is 1. The lowest BCUT2D eigenvalue weighted by Crippen LogP contribution is -2.29. The Morgan fingerprint density at radius 1 is 1.24 bits per heavy atom. The number of carbonyl (C=O) groups is 1. The molecule has 0 bridgehead atoms. The first kappa shape index (κ1) is 23.7. The van der Waals surface area contributed by atoms with Crippen molar-refractivity contribution in [3.05, 3.63) is 29.3 Å². The van der Waals surface area contributed by atoms with E-state index in [1.54, 1.807) is 0 Å². The molecule has 1 aromatic carbocycles. The van der Waals surface area contributed by atoms with E-state index >= 15 is 0 Å². The van der Waals surface area contributed by atoms with Crippen molar-refractivity contribution in [1.29, 1.82) is 0 Å². The van der Waals surface area contributed by atoms with Gasteiger partial charge in [0, 0.05) is 0 Å². The van der Waals surface area contributed by atoms with Gasteiger partial charge in [-0.1, -0.05) is 52.2 Å². The maximum absolute atomic E-state index is 10.8. The first-order valence-electron chi connectivity index (χ1n) is 11.3. The Morgan fingerprint density at radius 2 is 2.03 bits per heavy atom. The summed E-state index contributed by atoms with van der Waals surface area (Å²) in [6, 6.07) is 5.93. The van der Waals surface area contributed by atoms with Crippen LogP contribution in [-0.2, 0) is 22.4 Å². The number of hydrogen-bond donors (Lipinski definition) is 2. The second-order valence-corrected chi connectivity index (χ2v) is 8.01. The quantitative estimate of drug-likeness (QED) is 0.554. The molecule has 1 aliphatic heterocycles. The number of carboxylic acid groups (broad SMARTS) is 1. The molecule has 0 aromatic heterocycles. The number of aliphatic hydroxyl groups is 1. The van der Waals surface area contributed by atoms with E-state index in [1.807, 2.05) is 26.0 Å². The molecule has 2 aliphatic rings. The third-order valence-electron chi connectivity index (χ3n) is 6.04. The van der Waals surface area contributed by atoms with Crippen molar-refractivity contribution in [3.63, 3.8) is 0 Å². The van der Waals surface area contributed by atoms with Crippen LogP contribution in [0, 0.1) is 11.8 Å². The van der Waals surface area contributed by atoms with Gasteiger partial charge in [0.2, 0.25) is 0 Å². The van der Waals surface area contributed by atoms with E-state index in [0.717, 1.165) is 50.7 Å². The zero-order valence-corrected chi connectivity index (χ0v) is 18.2. The average Bonchev–Trinajstić information content (AvgIpc) is 3.12. The van der Waals surface area contributed by atoms with Crippen LogP contribution in [0.1, 0.15) is 70.4 Å². The van der Waals surface area contributed by atoms with Gasteiger partial charge in [0.25, 0.3) is 0 Å². The zero-order chi connectivity index (χ0) is 21.2. The molecule has 1 saturated heterocycles. The van der Waals surface area contributed by atoms with Gasteiger partial charge < -0.3 is 19.7 Å². The van der Waals surface area contributed by atoms with Crippen LogP contribution >= 0.6 is 0 Å². The molecular weight excluding hydrogens is 368 g/mol. The predicted octanol–water partition coefficient (Wildman–Crippen LogP) is 4.63. The molecule has 0 amide bonds. The standard InChI is InChI=1S/C22H32O5.C2H6/c1-2-3-4-7-17(23)9-10-21-19-11-15-6-5-8-20(27-14-22(24)25)18(15)12-16(19)13-26-21;1-2/h5-6,8,16-17,19,21,23H,2-4,7,9-14H2,1H3,(H,24,25);1-2H3. The Kier molecular flexibility index (Phi) is 9.95. The van der Waals surface area contributed by atoms with E-state index < -0.39 is 5.97 Å². The van der Waals surface area contributed by atoms with Crippen LogP contribution in [0.3, 0.4) is 0 Å². The minimum absolute atomic E-state index is 0.215. The average molecular weight is 407 g/mol. The Hall–Kier alpha value is -1.59. The Labute approximate surface area is 175 Å². The Bertz CT molecular complexity index is 630. The van der Waals surface area contributed by atoms with Gasteiger partial charge in [0.05, 0.1) is 18.8 Å². The number of fused-ring (bicyclic) bond motifs is 2. The van der Waals surface area contributed by atoms with Crippen molar-refractivity contribution in [2.75, 3.05) is 13.2 Å². The molecule has 3 rings (SSSR count). The van der Waals surface area contributed by atoms with Crippen molar-refractivity contribution in [3.8, 4) is 5.75 Å². The largest absolute Gasteiger partial charge is 0.482 e. The van der Waals surface area contributed by atoms with Gasteiger partial charge in [-0.3, -0.25) is 0 Å². The molecule has 0 saturated carbocycles. The molecule has 1 fully saturated rings. The fourth-order valence-corrected chi connectivity index (χ4v) is 4.56. The summed E-state index contributed by atoms with van der Waals surface area (Å²) in [7, 11) is 0. The number of ether oxygens (including phenoxy) is 2. The van der Waals surface area contributed by atoms with E-state index in [9.17, 15) is 9.90 Å². The first-order chi connectivity index (χ1) is 14.1. The van der Waals surface area contributed by atoms with E-state index in [1.165, 1.54) is 18.4 Å². The second-order valence-electron chi connectivity index (χ2n) is 8.01. The summed E-state index contributed by atoms with van der Waals surface area (Å²) in [4.78, 5) is 10.8. The molecule has 4 unspecified atom stereocenters. The Balaban J connectivity index is 0.00000145. The van der Waals surface area contributed by atoms with E-state index in [2.05, 4.69) is 13.0 Å². The van der Waals surface area contributed by atoms with Crippen LogP contribution in [-0.4, -0.2) is 41.6 Å². The van der Waals surface area contributed by atoms with Gasteiger partial charge >= 0.3 is 5.97 Å². The molecular formula is C24H38O5. The van der Waals surface area contributed by atoms with Crippen LogP contribution in [0.4, 0.5) is 0 Å². The molecule has 5 nitrogen and oxygen atoms in total. The van der Waals surface area contributed by atoms with Crippen molar-refractivity contribution in [1.82, 2.24) is 0 Å². The van der Waals surface area contributed by atoms with Crippen molar-refractivity contribution < 1.29 is 24.5 Å². The van der Waals surface area contributed by atoms with Gasteiger partial charge in [-0.2, -0.15) is 0 Å². The predicted molar refractivity (Wildman–Crippen MR) is 114 cm³/mol. The normalized spacial score (nSPS) is 23.4. The minimum Gasteiger partial charge on any atom is -0.482 e. The lowest BCUT2D eigenvalue weighted by atomic mass is 9.74. The molecule has 0 spiro atoms. The summed E-state index contributed by atoms with van der Waals surface area (Å²) >= 11 is 0. The number of rotatable bonds is 10. The highest BCUT2D eigenvalue weighted by atomic mass is 16.5. The number of aliphatic hydroxyl groups excluding tert-OH is 1. The molecule has 29 heavy (non-hydrogen) atoms. The van der Waals surface area contributed by atoms with Crippen LogP contribution in [0.25, 0.3) is 0 Å². The minimum atomic E-state index is -0.956. The summed E-state index contributed by atoms with van der Waals surface area (Å²) in [6.45, 7) is 6.62. The first-order valence-corrected chi connectivity index (χ1v) is 11.3. The number of unbranched alkanes of at least 4 members (excludes halogenated alkanes) is 2. The molecule has 164 valence electrons. The topological polar surface area (TPSA) is 76.0 Å². The van der Waals surface area contributed by atoms with E-state index in [-0.39, 0.29) is 18.8 Å². The third kappa shape index (κ3) is 6.71. The van der Waals surface area contributed by atoms with Gasteiger partial charge in [-0.05, 0) is 61.1 Å². The Morgan fingerprint density at radius 3 is 2.76 bits per heavy atom. The molecule has 2 N–H and O–H groups in total. The van der Waals surface area contributed by atoms with Crippen LogP contribution in [0.15, 0.2) is 18.2 Å². The highest BCUT2D eigenvalue weighted by Crippen LogP contribution is 2.42. The molecule has 1 heterocycles. The highest BCUT2D eigenvalue weighted by molar-refractivity contribution is 5.68. The lowest BCUT2D eigenvalue weighted by molar-refractivity contribution is -0.139. The molecule has 1 aromatic rings. The second kappa shape index (κ2) is 12.2. The number of hydrogen-bond acceptors (Lipinski definition) is 4. The van der Waals surface area contributed by atoms with Gasteiger partial charge in [-0.15, -0.1) is 0 Å². The van der Waals surface area contributed by atoms with Crippen LogP contribution < -0.4 is 4.74 Å². The summed E-state index contributed by atoms with van der Waals surface area (Å²) < 4.78 is 11.6. The van der Waals surface area contributed by atoms with Crippen molar-refractivity contribution in [2.45, 2.75) is 84.3 Å². The summed E-state index contributed by atoms with van der Waals surface area (Å²) in [5, 5.41) is 19.1. The molecule has 1 aliphatic carbocycles. The number of benzene rings is 1. The SMILES string of the molecule is CC.CCCCCC(O)CCC1OCC2Cc3c(cccc3OCC(=O)O)CC21. The molecule has 4 atom stereocenters. The van der Waals surface area contributed by atoms with Crippen molar-refractivity contribution in [2.24, 2.45) is 11.8 Å². The van der Waals surface area contributed by atoms with E-state index in [4.69, 9.17) is 14.6 Å². The maximum atomic E-state index is 10.8. The zero-order valence-electron chi connectivity index (χ0n) is 18.2. The monoisotopic (exact) mass is 406 g/mol. The van der Waals surface area contributed by atoms with E-state index in [0.29, 0.717) is 17.6 Å². The third-order valence-corrected chi connectivity index (χ3v) is 6.04. The highest BCUT2D eigenvalue weighted by Gasteiger charge is 2.41. The summed E-state index contributed by atoms with van der Waals surface area (Å²) in [6.07, 6.45) is 7.91. The van der Waals surface area contributed by atoms with Gasteiger partial charge in [0.1, 0.15) is 5.75 Å². The number of aliphatic carboxylic acids is 1. The van der Waals surface area contributed by atoms with Gasteiger partial charge in [-0.25, -0.2) is 4.79 Å². The maximum Gasteiger partial charge on any atom is 0.341 e. The fourth-order valence-electron chi connectivity index (χ4n) is 4.56. The smallest absolute Gasteiger partial charge is 0.341 e.